The number of carbonyl (C=O) groups excluding carboxylic acids is 1. The van der Waals surface area contributed by atoms with Gasteiger partial charge in [-0.3, -0.25) is 9.36 Å². The normalized spacial score (nSPS) is 16.0. The topological polar surface area (TPSA) is 69.0 Å². The molecule has 1 atom stereocenters. The van der Waals surface area contributed by atoms with E-state index in [1.165, 1.54) is 22.9 Å². The number of thioether (sulfide) groups is 1. The fourth-order valence-corrected chi connectivity index (χ4v) is 4.24. The zero-order chi connectivity index (χ0) is 20.9. The van der Waals surface area contributed by atoms with Crippen molar-refractivity contribution in [2.45, 2.75) is 37.9 Å². The van der Waals surface area contributed by atoms with Crippen LogP contribution in [-0.4, -0.2) is 45.7 Å². The van der Waals surface area contributed by atoms with Crippen LogP contribution in [0, 0.1) is 13.8 Å². The van der Waals surface area contributed by atoms with E-state index in [9.17, 15) is 4.79 Å². The molecule has 1 aliphatic rings. The molecule has 156 valence electrons. The van der Waals surface area contributed by atoms with Crippen molar-refractivity contribution in [3.63, 3.8) is 0 Å². The van der Waals surface area contributed by atoms with Crippen LogP contribution in [0.5, 0.6) is 0 Å². The lowest BCUT2D eigenvalue weighted by Crippen LogP contribution is -2.32. The Labute approximate surface area is 181 Å². The zero-order valence-corrected chi connectivity index (χ0v) is 18.1. The Balaban J connectivity index is 1.54. The Hall–Kier alpha value is -2.64. The molecule has 1 N–H and O–H groups in total. The van der Waals surface area contributed by atoms with Gasteiger partial charge in [0, 0.05) is 24.4 Å². The lowest BCUT2D eigenvalue weighted by molar-refractivity contribution is -0.119. The van der Waals surface area contributed by atoms with E-state index in [1.54, 1.807) is 0 Å². The highest BCUT2D eigenvalue weighted by atomic mass is 32.2. The molecule has 30 heavy (non-hydrogen) atoms. The minimum absolute atomic E-state index is 0.0224. The number of benzene rings is 2. The summed E-state index contributed by atoms with van der Waals surface area (Å²) in [4.78, 5) is 12.3. The van der Waals surface area contributed by atoms with E-state index < -0.39 is 0 Å². The molecule has 0 bridgehead atoms. The third-order valence-corrected chi connectivity index (χ3v) is 6.23. The molecule has 2 heterocycles. The highest BCUT2D eigenvalue weighted by Gasteiger charge is 2.19. The molecule has 0 aliphatic carbocycles. The van der Waals surface area contributed by atoms with Crippen molar-refractivity contribution in [2.24, 2.45) is 0 Å². The summed E-state index contributed by atoms with van der Waals surface area (Å²) in [7, 11) is 0. The number of rotatable bonds is 7. The highest BCUT2D eigenvalue weighted by Crippen LogP contribution is 2.29. The number of aryl methyl sites for hydroxylation is 2. The van der Waals surface area contributed by atoms with Gasteiger partial charge in [0.1, 0.15) is 0 Å². The minimum atomic E-state index is -0.0224. The number of amides is 1. The number of ether oxygens (including phenoxy) is 1. The van der Waals surface area contributed by atoms with E-state index in [0.29, 0.717) is 11.7 Å². The van der Waals surface area contributed by atoms with Gasteiger partial charge in [-0.25, -0.2) is 0 Å². The zero-order valence-electron chi connectivity index (χ0n) is 17.3. The fourth-order valence-electron chi connectivity index (χ4n) is 3.45. The second-order valence-corrected chi connectivity index (χ2v) is 8.45. The lowest BCUT2D eigenvalue weighted by Gasteiger charge is -2.12. The summed E-state index contributed by atoms with van der Waals surface area (Å²) < 4.78 is 7.58. The average Bonchev–Trinajstić information content (AvgIpc) is 3.43. The molecule has 7 heteroatoms. The van der Waals surface area contributed by atoms with Gasteiger partial charge in [0.15, 0.2) is 11.0 Å². The number of carbonyl (C=O) groups is 1. The molecular formula is C23H26N4O2S. The summed E-state index contributed by atoms with van der Waals surface area (Å²) >= 11 is 1.39. The largest absolute Gasteiger partial charge is 0.376 e. The molecule has 1 aliphatic heterocycles. The van der Waals surface area contributed by atoms with Crippen LogP contribution >= 0.6 is 11.8 Å². The van der Waals surface area contributed by atoms with E-state index >= 15 is 0 Å². The van der Waals surface area contributed by atoms with Crippen LogP contribution in [0.3, 0.4) is 0 Å². The van der Waals surface area contributed by atoms with E-state index in [2.05, 4.69) is 47.6 Å². The first kappa shape index (κ1) is 20.6. The Morgan fingerprint density at radius 2 is 2.00 bits per heavy atom. The molecule has 1 aromatic heterocycles. The smallest absolute Gasteiger partial charge is 0.230 e. The minimum Gasteiger partial charge on any atom is -0.376 e. The van der Waals surface area contributed by atoms with Gasteiger partial charge >= 0.3 is 0 Å². The first-order chi connectivity index (χ1) is 14.6. The summed E-state index contributed by atoms with van der Waals surface area (Å²) in [5.74, 6) is 1.03. The molecule has 0 unspecified atom stereocenters. The maximum Gasteiger partial charge on any atom is 0.230 e. The van der Waals surface area contributed by atoms with Crippen molar-refractivity contribution >= 4 is 17.7 Å². The number of nitrogens with one attached hydrogen (secondary N) is 1. The van der Waals surface area contributed by atoms with Crippen molar-refractivity contribution in [3.05, 3.63) is 59.7 Å². The Morgan fingerprint density at radius 3 is 2.73 bits per heavy atom. The SMILES string of the molecule is Cc1ccc(-c2nnc(SCC(=O)NC[C@@H]3CCCO3)n2-c2ccccc2)cc1C. The highest BCUT2D eigenvalue weighted by molar-refractivity contribution is 7.99. The molecule has 1 amide bonds. The van der Waals surface area contributed by atoms with Gasteiger partial charge in [-0.1, -0.05) is 42.1 Å². The first-order valence-electron chi connectivity index (χ1n) is 10.2. The van der Waals surface area contributed by atoms with Gasteiger partial charge in [0.2, 0.25) is 5.91 Å². The molecule has 6 nitrogen and oxygen atoms in total. The van der Waals surface area contributed by atoms with Gasteiger partial charge in [-0.05, 0) is 56.0 Å². The number of hydrogen-bond acceptors (Lipinski definition) is 5. The summed E-state index contributed by atoms with van der Waals surface area (Å²) in [5, 5.41) is 12.5. The summed E-state index contributed by atoms with van der Waals surface area (Å²) in [5.41, 5.74) is 4.42. The van der Waals surface area contributed by atoms with Crippen molar-refractivity contribution in [1.82, 2.24) is 20.1 Å². The molecule has 1 saturated heterocycles. The van der Waals surface area contributed by atoms with E-state index in [-0.39, 0.29) is 17.8 Å². The molecule has 4 rings (SSSR count). The third-order valence-electron chi connectivity index (χ3n) is 5.30. The molecule has 1 fully saturated rings. The fraction of sp³-hybridized carbons (Fsp3) is 0.348. The van der Waals surface area contributed by atoms with Crippen LogP contribution < -0.4 is 5.32 Å². The van der Waals surface area contributed by atoms with Gasteiger partial charge in [-0.2, -0.15) is 0 Å². The van der Waals surface area contributed by atoms with Crippen molar-refractivity contribution in [1.29, 1.82) is 0 Å². The first-order valence-corrected chi connectivity index (χ1v) is 11.2. The van der Waals surface area contributed by atoms with Crippen molar-refractivity contribution in [3.8, 4) is 17.1 Å². The molecule has 0 spiro atoms. The Bertz CT molecular complexity index is 1010. The van der Waals surface area contributed by atoms with Crippen molar-refractivity contribution in [2.75, 3.05) is 18.9 Å². The summed E-state index contributed by atoms with van der Waals surface area (Å²) in [6.07, 6.45) is 2.22. The van der Waals surface area contributed by atoms with E-state index in [1.807, 2.05) is 34.9 Å². The van der Waals surface area contributed by atoms with Crippen LogP contribution in [0.2, 0.25) is 0 Å². The number of nitrogens with zero attached hydrogens (tertiary/aromatic N) is 3. The molecule has 2 aromatic carbocycles. The molecule has 3 aromatic rings. The Kier molecular flexibility index (Phi) is 6.50. The van der Waals surface area contributed by atoms with Gasteiger partial charge in [0.05, 0.1) is 11.9 Å². The van der Waals surface area contributed by atoms with Gasteiger partial charge in [-0.15, -0.1) is 10.2 Å². The maximum absolute atomic E-state index is 12.3. The summed E-state index contributed by atoms with van der Waals surface area (Å²) in [6, 6.07) is 16.3. The quantitative estimate of drug-likeness (QED) is 0.584. The van der Waals surface area contributed by atoms with Crippen LogP contribution in [-0.2, 0) is 9.53 Å². The average molecular weight is 423 g/mol. The predicted molar refractivity (Wildman–Crippen MR) is 119 cm³/mol. The standard InChI is InChI=1S/C23H26N4O2S/c1-16-10-11-18(13-17(16)2)22-25-26-23(27(22)19-7-4-3-5-8-19)30-15-21(28)24-14-20-9-6-12-29-20/h3-5,7-8,10-11,13,20H,6,9,12,14-15H2,1-2H3,(H,24,28)/t20-/m0/s1. The van der Waals surface area contributed by atoms with Crippen LogP contribution in [0.4, 0.5) is 0 Å². The van der Waals surface area contributed by atoms with Crippen LogP contribution in [0.1, 0.15) is 24.0 Å². The predicted octanol–water partition coefficient (Wildman–Crippen LogP) is 3.94. The van der Waals surface area contributed by atoms with Gasteiger partial charge in [0.25, 0.3) is 0 Å². The molecule has 0 radical (unpaired) electrons. The number of para-hydroxylation sites is 1. The second-order valence-electron chi connectivity index (χ2n) is 7.50. The van der Waals surface area contributed by atoms with Gasteiger partial charge < -0.3 is 10.1 Å². The summed E-state index contributed by atoms with van der Waals surface area (Å²) in [6.45, 7) is 5.54. The molecular weight excluding hydrogens is 396 g/mol. The van der Waals surface area contributed by atoms with Crippen molar-refractivity contribution < 1.29 is 9.53 Å². The molecule has 0 saturated carbocycles. The van der Waals surface area contributed by atoms with E-state index in [0.717, 1.165) is 36.5 Å². The second kappa shape index (κ2) is 9.45. The monoisotopic (exact) mass is 422 g/mol. The number of aromatic nitrogens is 3. The lowest BCUT2D eigenvalue weighted by atomic mass is 10.1. The van der Waals surface area contributed by atoms with E-state index in [4.69, 9.17) is 4.74 Å². The number of hydrogen-bond donors (Lipinski definition) is 1. The Morgan fingerprint density at radius 1 is 1.17 bits per heavy atom. The van der Waals surface area contributed by atoms with Crippen LogP contribution in [0.15, 0.2) is 53.7 Å². The van der Waals surface area contributed by atoms with Crippen LogP contribution in [0.25, 0.3) is 17.1 Å². The third kappa shape index (κ3) is 4.74. The maximum atomic E-state index is 12.3.